The summed E-state index contributed by atoms with van der Waals surface area (Å²) < 4.78 is 11.8. The Labute approximate surface area is 146 Å². The van der Waals surface area contributed by atoms with Crippen molar-refractivity contribution in [3.05, 3.63) is 58.5 Å². The molecule has 0 aliphatic carbocycles. The van der Waals surface area contributed by atoms with Gasteiger partial charge in [0.1, 0.15) is 15.9 Å². The third-order valence-corrected chi connectivity index (χ3v) is 4.16. The molecule has 0 fully saturated rings. The number of methoxy groups -OCH3 is 2. The van der Waals surface area contributed by atoms with E-state index >= 15 is 0 Å². The van der Waals surface area contributed by atoms with Crippen molar-refractivity contribution in [3.8, 4) is 11.1 Å². The molecule has 0 bridgehead atoms. The molecule has 0 radical (unpaired) electrons. The molecule has 0 N–H and O–H groups in total. The lowest BCUT2D eigenvalue weighted by Crippen LogP contribution is -2.18. The summed E-state index contributed by atoms with van der Waals surface area (Å²) in [5.41, 5.74) is 2.01. The number of ether oxygens (including phenoxy) is 2. The summed E-state index contributed by atoms with van der Waals surface area (Å²) in [5, 5.41) is 0. The van der Waals surface area contributed by atoms with Crippen molar-refractivity contribution in [2.75, 3.05) is 14.2 Å². The van der Waals surface area contributed by atoms with E-state index in [0.717, 1.165) is 5.56 Å². The Balaban J connectivity index is 2.48. The molecule has 3 aromatic rings. The van der Waals surface area contributed by atoms with Crippen molar-refractivity contribution in [2.24, 2.45) is 0 Å². The van der Waals surface area contributed by atoms with Gasteiger partial charge in [-0.15, -0.1) is 0 Å². The van der Waals surface area contributed by atoms with Gasteiger partial charge in [0.2, 0.25) is 0 Å². The Morgan fingerprint density at radius 1 is 1.08 bits per heavy atom. The molecule has 0 atom stereocenters. The molecule has 0 saturated carbocycles. The van der Waals surface area contributed by atoms with E-state index in [1.54, 1.807) is 12.3 Å². The van der Waals surface area contributed by atoms with Crippen LogP contribution in [0.5, 0.6) is 0 Å². The number of rotatable bonds is 3. The van der Waals surface area contributed by atoms with Crippen LogP contribution < -0.4 is 0 Å². The second-order valence-electron chi connectivity index (χ2n) is 4.91. The second-order valence-corrected chi connectivity index (χ2v) is 5.72. The Morgan fingerprint density at radius 2 is 1.75 bits per heavy atom. The molecule has 7 heteroatoms. The summed E-state index contributed by atoms with van der Waals surface area (Å²) in [5.74, 6) is -1.28. The van der Waals surface area contributed by atoms with Crippen LogP contribution in [0.1, 0.15) is 20.8 Å². The average Bonchev–Trinajstić information content (AvgIpc) is 3.00. The van der Waals surface area contributed by atoms with Gasteiger partial charge in [-0.05, 0) is 27.6 Å². The fourth-order valence-electron chi connectivity index (χ4n) is 2.55. The van der Waals surface area contributed by atoms with Gasteiger partial charge in [0.15, 0.2) is 0 Å². The highest BCUT2D eigenvalue weighted by molar-refractivity contribution is 9.10. The quantitative estimate of drug-likeness (QED) is 0.643. The topological polar surface area (TPSA) is 69.9 Å². The number of imidazole rings is 1. The van der Waals surface area contributed by atoms with Gasteiger partial charge in [0, 0.05) is 5.56 Å². The minimum Gasteiger partial charge on any atom is -0.465 e. The third kappa shape index (κ3) is 2.56. The number of nitrogens with zero attached hydrogens (tertiary/aromatic N) is 2. The first-order valence-electron chi connectivity index (χ1n) is 7.00. The Morgan fingerprint density at radius 3 is 2.38 bits per heavy atom. The summed E-state index contributed by atoms with van der Waals surface area (Å²) >= 11 is 3.34. The van der Waals surface area contributed by atoms with Crippen LogP contribution in [0, 0.1) is 0 Å². The monoisotopic (exact) mass is 388 g/mol. The van der Waals surface area contributed by atoms with Crippen LogP contribution in [-0.4, -0.2) is 35.5 Å². The highest BCUT2D eigenvalue weighted by Gasteiger charge is 2.28. The number of carbonyl (C=O) groups excluding carboxylic acids is 2. The van der Waals surface area contributed by atoms with E-state index < -0.39 is 11.9 Å². The molecule has 3 rings (SSSR count). The molecule has 2 aromatic heterocycles. The van der Waals surface area contributed by atoms with E-state index in [0.29, 0.717) is 15.8 Å². The predicted molar refractivity (Wildman–Crippen MR) is 91.0 cm³/mol. The van der Waals surface area contributed by atoms with E-state index in [4.69, 9.17) is 9.47 Å². The van der Waals surface area contributed by atoms with Gasteiger partial charge < -0.3 is 9.47 Å². The molecule has 24 heavy (non-hydrogen) atoms. The largest absolute Gasteiger partial charge is 0.465 e. The molecule has 0 amide bonds. The van der Waals surface area contributed by atoms with Gasteiger partial charge in [0.25, 0.3) is 0 Å². The average molecular weight is 389 g/mol. The number of esters is 2. The Bertz CT molecular complexity index is 935. The van der Waals surface area contributed by atoms with Crippen molar-refractivity contribution in [1.29, 1.82) is 0 Å². The lowest BCUT2D eigenvalue weighted by Gasteiger charge is -2.15. The molecule has 6 nitrogen and oxygen atoms in total. The predicted octanol–water partition coefficient (Wildman–Crippen LogP) is 3.34. The van der Waals surface area contributed by atoms with Gasteiger partial charge in [-0.1, -0.05) is 30.3 Å². The summed E-state index contributed by atoms with van der Waals surface area (Å²) in [7, 11) is 2.53. The molecule has 0 aliphatic heterocycles. The lowest BCUT2D eigenvalue weighted by molar-refractivity contribution is 0.0549. The van der Waals surface area contributed by atoms with E-state index in [1.165, 1.54) is 18.6 Å². The van der Waals surface area contributed by atoms with Crippen LogP contribution in [0.3, 0.4) is 0 Å². The van der Waals surface area contributed by atoms with Gasteiger partial charge in [0.05, 0.1) is 26.0 Å². The maximum absolute atomic E-state index is 12.4. The molecule has 1 aromatic carbocycles. The normalized spacial score (nSPS) is 10.6. The van der Waals surface area contributed by atoms with Crippen LogP contribution in [-0.2, 0) is 9.47 Å². The van der Waals surface area contributed by atoms with Gasteiger partial charge in [-0.2, -0.15) is 0 Å². The molecule has 122 valence electrons. The van der Waals surface area contributed by atoms with Gasteiger partial charge in [-0.25, -0.2) is 14.6 Å². The van der Waals surface area contributed by atoms with Crippen molar-refractivity contribution in [3.63, 3.8) is 0 Å². The summed E-state index contributed by atoms with van der Waals surface area (Å²) in [6.45, 7) is 0. The number of halogens is 1. The van der Waals surface area contributed by atoms with Crippen molar-refractivity contribution >= 4 is 33.5 Å². The van der Waals surface area contributed by atoms with E-state index in [2.05, 4.69) is 20.9 Å². The second kappa shape index (κ2) is 6.45. The third-order valence-electron chi connectivity index (χ3n) is 3.60. The maximum atomic E-state index is 12.4. The zero-order chi connectivity index (χ0) is 17.3. The standard InChI is InChI=1S/C17H13BrN2O4/c1-23-16(21)14-11(10-6-4-3-5-7-10)8-13-19-9-12(18)20(13)15(14)17(22)24-2/h3-9H,1-2H3. The molecular formula is C17H13BrN2O4. The highest BCUT2D eigenvalue weighted by Crippen LogP contribution is 2.31. The minimum atomic E-state index is -0.656. The minimum absolute atomic E-state index is 0.0603. The number of hydrogen-bond donors (Lipinski definition) is 0. The zero-order valence-electron chi connectivity index (χ0n) is 12.9. The number of pyridine rings is 1. The van der Waals surface area contributed by atoms with Crippen molar-refractivity contribution in [1.82, 2.24) is 9.38 Å². The Hall–Kier alpha value is -2.67. The molecule has 0 saturated heterocycles. The molecule has 0 unspecified atom stereocenters. The van der Waals surface area contributed by atoms with Crippen LogP contribution >= 0.6 is 15.9 Å². The summed E-state index contributed by atoms with van der Waals surface area (Å²) in [6, 6.07) is 11.0. The fourth-order valence-corrected chi connectivity index (χ4v) is 3.01. The highest BCUT2D eigenvalue weighted by atomic mass is 79.9. The van der Waals surface area contributed by atoms with Crippen LogP contribution in [0.4, 0.5) is 0 Å². The number of carbonyl (C=O) groups is 2. The molecule has 0 aliphatic rings. The van der Waals surface area contributed by atoms with Gasteiger partial charge >= 0.3 is 11.9 Å². The van der Waals surface area contributed by atoms with E-state index in [1.807, 2.05) is 30.3 Å². The number of benzene rings is 1. The molecular weight excluding hydrogens is 376 g/mol. The van der Waals surface area contributed by atoms with Gasteiger partial charge in [-0.3, -0.25) is 4.40 Å². The maximum Gasteiger partial charge on any atom is 0.356 e. The fraction of sp³-hybridized carbons (Fsp3) is 0.118. The number of hydrogen-bond acceptors (Lipinski definition) is 5. The zero-order valence-corrected chi connectivity index (χ0v) is 14.5. The van der Waals surface area contributed by atoms with Crippen LogP contribution in [0.25, 0.3) is 16.8 Å². The summed E-state index contributed by atoms with van der Waals surface area (Å²) in [4.78, 5) is 29.1. The smallest absolute Gasteiger partial charge is 0.356 e. The SMILES string of the molecule is COC(=O)c1c(-c2ccccc2)cc2ncc(Br)n2c1C(=O)OC. The van der Waals surface area contributed by atoms with E-state index in [9.17, 15) is 9.59 Å². The first kappa shape index (κ1) is 16.2. The van der Waals surface area contributed by atoms with Crippen LogP contribution in [0.2, 0.25) is 0 Å². The van der Waals surface area contributed by atoms with Crippen LogP contribution in [0.15, 0.2) is 47.2 Å². The first-order chi connectivity index (χ1) is 11.6. The first-order valence-corrected chi connectivity index (χ1v) is 7.79. The summed E-state index contributed by atoms with van der Waals surface area (Å²) in [6.07, 6.45) is 1.55. The Kier molecular flexibility index (Phi) is 4.35. The number of fused-ring (bicyclic) bond motifs is 1. The number of aromatic nitrogens is 2. The molecule has 0 spiro atoms. The van der Waals surface area contributed by atoms with E-state index in [-0.39, 0.29) is 11.3 Å². The van der Waals surface area contributed by atoms with Crippen molar-refractivity contribution in [2.45, 2.75) is 0 Å². The molecule has 2 heterocycles. The lowest BCUT2D eigenvalue weighted by atomic mass is 9.98. The van der Waals surface area contributed by atoms with Crippen molar-refractivity contribution < 1.29 is 19.1 Å².